The number of hydrogen-bond acceptors (Lipinski definition) is 2. The molecule has 5 rings (SSSR count). The van der Waals surface area contributed by atoms with Gasteiger partial charge in [-0.25, -0.2) is 0 Å². The first kappa shape index (κ1) is 18.1. The van der Waals surface area contributed by atoms with Gasteiger partial charge in [0, 0.05) is 16.5 Å². The monoisotopic (exact) mass is 393 g/mol. The largest absolute Gasteiger partial charge is 0.256 e. The number of aromatic nitrogens is 1. The fraction of sp³-hybridized carbons (Fsp3) is 0.148. The van der Waals surface area contributed by atoms with Crippen molar-refractivity contribution in [1.82, 2.24) is 4.98 Å². The zero-order valence-corrected chi connectivity index (χ0v) is 17.8. The molecule has 0 aliphatic heterocycles. The number of thiophene rings is 1. The summed E-state index contributed by atoms with van der Waals surface area (Å²) >= 11 is 1.79. The van der Waals surface area contributed by atoms with Crippen molar-refractivity contribution in [2.75, 3.05) is 0 Å². The summed E-state index contributed by atoms with van der Waals surface area (Å²) in [6.45, 7) is 6.83. The number of rotatable bonds is 2. The van der Waals surface area contributed by atoms with Crippen molar-refractivity contribution in [2.45, 2.75) is 26.2 Å². The van der Waals surface area contributed by atoms with Gasteiger partial charge in [0.05, 0.1) is 5.69 Å². The maximum Gasteiger partial charge on any atom is 0.0708 e. The average Bonchev–Trinajstić information content (AvgIpc) is 3.20. The van der Waals surface area contributed by atoms with Crippen LogP contribution in [-0.2, 0) is 5.41 Å². The Labute approximate surface area is 175 Å². The lowest BCUT2D eigenvalue weighted by molar-refractivity contribution is 0.596. The highest BCUT2D eigenvalue weighted by Crippen LogP contribution is 2.35. The fourth-order valence-electron chi connectivity index (χ4n) is 3.98. The molecule has 2 heterocycles. The Balaban J connectivity index is 1.66. The zero-order chi connectivity index (χ0) is 20.0. The molecule has 0 aliphatic carbocycles. The van der Waals surface area contributed by atoms with Crippen molar-refractivity contribution < 1.29 is 0 Å². The van der Waals surface area contributed by atoms with Gasteiger partial charge in [0.2, 0.25) is 0 Å². The molecule has 0 amide bonds. The van der Waals surface area contributed by atoms with E-state index >= 15 is 0 Å². The molecular formula is C27H23NS. The summed E-state index contributed by atoms with van der Waals surface area (Å²) < 4.78 is 1.32. The van der Waals surface area contributed by atoms with Crippen molar-refractivity contribution >= 4 is 32.2 Å². The maximum atomic E-state index is 4.72. The molecule has 0 saturated heterocycles. The molecule has 3 aromatic carbocycles. The van der Waals surface area contributed by atoms with E-state index in [1.54, 1.807) is 11.3 Å². The molecule has 2 heteroatoms. The molecule has 5 aromatic rings. The van der Waals surface area contributed by atoms with Gasteiger partial charge in [0.1, 0.15) is 0 Å². The molecule has 0 atom stereocenters. The number of pyridine rings is 1. The molecule has 29 heavy (non-hydrogen) atoms. The SMILES string of the molecule is CC(C)(C)c1cc(-c2cc(-c3ccc4ccsc4c3)ccn2)cc2ccccc12. The lowest BCUT2D eigenvalue weighted by atomic mass is 9.82. The van der Waals surface area contributed by atoms with Gasteiger partial charge in [-0.1, -0.05) is 57.2 Å². The van der Waals surface area contributed by atoms with Gasteiger partial charge in [-0.3, -0.25) is 4.98 Å². The van der Waals surface area contributed by atoms with E-state index in [4.69, 9.17) is 4.98 Å². The van der Waals surface area contributed by atoms with Crippen molar-refractivity contribution in [3.05, 3.63) is 89.9 Å². The maximum absolute atomic E-state index is 4.72. The summed E-state index contributed by atoms with van der Waals surface area (Å²) in [7, 11) is 0. The van der Waals surface area contributed by atoms with E-state index in [0.29, 0.717) is 0 Å². The average molecular weight is 394 g/mol. The first-order valence-electron chi connectivity index (χ1n) is 9.96. The van der Waals surface area contributed by atoms with Crippen LogP contribution in [0.25, 0.3) is 43.2 Å². The lowest BCUT2D eigenvalue weighted by Gasteiger charge is -2.22. The van der Waals surface area contributed by atoms with Crippen LogP contribution in [0.4, 0.5) is 0 Å². The van der Waals surface area contributed by atoms with Crippen LogP contribution in [0.1, 0.15) is 26.3 Å². The van der Waals surface area contributed by atoms with E-state index in [0.717, 1.165) is 5.69 Å². The van der Waals surface area contributed by atoms with Gasteiger partial charge < -0.3 is 0 Å². The third kappa shape index (κ3) is 3.34. The quantitative estimate of drug-likeness (QED) is 0.295. The third-order valence-corrected chi connectivity index (χ3v) is 6.39. The second kappa shape index (κ2) is 6.82. The van der Waals surface area contributed by atoms with Crippen molar-refractivity contribution in [3.63, 3.8) is 0 Å². The molecule has 0 aliphatic rings. The molecule has 0 radical (unpaired) electrons. The van der Waals surface area contributed by atoms with Gasteiger partial charge >= 0.3 is 0 Å². The van der Waals surface area contributed by atoms with Crippen molar-refractivity contribution in [3.8, 4) is 22.4 Å². The highest BCUT2D eigenvalue weighted by molar-refractivity contribution is 7.17. The second-order valence-corrected chi connectivity index (χ2v) is 9.55. The second-order valence-electron chi connectivity index (χ2n) is 8.60. The van der Waals surface area contributed by atoms with Gasteiger partial charge in [-0.05, 0) is 80.0 Å². The fourth-order valence-corrected chi connectivity index (χ4v) is 4.81. The van der Waals surface area contributed by atoms with Crippen LogP contribution in [0.3, 0.4) is 0 Å². The minimum atomic E-state index is 0.0669. The predicted octanol–water partition coefficient (Wildman–Crippen LogP) is 8.08. The van der Waals surface area contributed by atoms with E-state index in [2.05, 4.69) is 98.9 Å². The number of benzene rings is 3. The first-order valence-corrected chi connectivity index (χ1v) is 10.8. The number of fused-ring (bicyclic) bond motifs is 2. The Hall–Kier alpha value is -2.97. The summed E-state index contributed by atoms with van der Waals surface area (Å²) in [6.07, 6.45) is 1.93. The number of hydrogen-bond donors (Lipinski definition) is 0. The molecule has 1 nitrogen and oxygen atoms in total. The molecule has 142 valence electrons. The highest BCUT2D eigenvalue weighted by atomic mass is 32.1. The molecule has 0 saturated carbocycles. The Kier molecular flexibility index (Phi) is 4.25. The third-order valence-electron chi connectivity index (χ3n) is 5.52. The highest BCUT2D eigenvalue weighted by Gasteiger charge is 2.18. The topological polar surface area (TPSA) is 12.9 Å². The molecular weight excluding hydrogens is 370 g/mol. The summed E-state index contributed by atoms with van der Waals surface area (Å²) in [6, 6.07) is 26.4. The standard InChI is InChI=1S/C27H23NS/c1-27(2,3)24-15-22(14-21-6-4-5-7-23(21)24)25-16-20(10-12-28-25)19-9-8-18-11-13-29-26(18)17-19/h4-17H,1-3H3. The van der Waals surface area contributed by atoms with Crippen LogP contribution in [0, 0.1) is 0 Å². The Morgan fingerprint density at radius 2 is 1.55 bits per heavy atom. The van der Waals surface area contributed by atoms with E-state index in [1.165, 1.54) is 43.1 Å². The van der Waals surface area contributed by atoms with E-state index in [1.807, 2.05) is 6.20 Å². The van der Waals surface area contributed by atoms with E-state index < -0.39 is 0 Å². The summed E-state index contributed by atoms with van der Waals surface area (Å²) in [5.41, 5.74) is 6.06. The molecule has 0 spiro atoms. The van der Waals surface area contributed by atoms with E-state index in [9.17, 15) is 0 Å². The molecule has 0 bridgehead atoms. The van der Waals surface area contributed by atoms with Gasteiger partial charge in [-0.15, -0.1) is 11.3 Å². The Morgan fingerprint density at radius 3 is 2.41 bits per heavy atom. The van der Waals surface area contributed by atoms with Crippen molar-refractivity contribution in [1.29, 1.82) is 0 Å². The molecule has 0 unspecified atom stereocenters. The Morgan fingerprint density at radius 1 is 0.724 bits per heavy atom. The molecule has 0 N–H and O–H groups in total. The summed E-state index contributed by atoms with van der Waals surface area (Å²) in [5.74, 6) is 0. The minimum Gasteiger partial charge on any atom is -0.256 e. The molecule has 2 aromatic heterocycles. The normalized spacial score (nSPS) is 12.0. The van der Waals surface area contributed by atoms with Crippen LogP contribution in [0.15, 0.2) is 84.4 Å². The first-order chi connectivity index (χ1) is 14.0. The van der Waals surface area contributed by atoms with Crippen molar-refractivity contribution in [2.24, 2.45) is 0 Å². The van der Waals surface area contributed by atoms with Gasteiger partial charge in [0.25, 0.3) is 0 Å². The van der Waals surface area contributed by atoms with Crippen LogP contribution in [0.2, 0.25) is 0 Å². The van der Waals surface area contributed by atoms with Crippen LogP contribution in [0.5, 0.6) is 0 Å². The summed E-state index contributed by atoms with van der Waals surface area (Å²) in [5, 5.41) is 6.04. The van der Waals surface area contributed by atoms with E-state index in [-0.39, 0.29) is 5.41 Å². The smallest absolute Gasteiger partial charge is 0.0708 e. The molecule has 0 fully saturated rings. The van der Waals surface area contributed by atoms with Crippen LogP contribution >= 0.6 is 11.3 Å². The Bertz CT molecular complexity index is 1340. The predicted molar refractivity (Wildman–Crippen MR) is 127 cm³/mol. The zero-order valence-electron chi connectivity index (χ0n) is 16.9. The van der Waals surface area contributed by atoms with Crippen LogP contribution < -0.4 is 0 Å². The van der Waals surface area contributed by atoms with Crippen LogP contribution in [-0.4, -0.2) is 4.98 Å². The number of nitrogens with zero attached hydrogens (tertiary/aromatic N) is 1. The van der Waals surface area contributed by atoms with Gasteiger partial charge in [-0.2, -0.15) is 0 Å². The lowest BCUT2D eigenvalue weighted by Crippen LogP contribution is -2.12. The minimum absolute atomic E-state index is 0.0669. The van der Waals surface area contributed by atoms with Gasteiger partial charge in [0.15, 0.2) is 0 Å². The summed E-state index contributed by atoms with van der Waals surface area (Å²) in [4.78, 5) is 4.72.